The molecule has 1 N–H and O–H groups in total. The van der Waals surface area contributed by atoms with Crippen LogP contribution >= 0.6 is 0 Å². The fourth-order valence-electron chi connectivity index (χ4n) is 5.19. The summed E-state index contributed by atoms with van der Waals surface area (Å²) in [5.41, 5.74) is 1.89. The second-order valence-electron chi connectivity index (χ2n) is 9.53. The molecule has 5 nitrogen and oxygen atoms in total. The van der Waals surface area contributed by atoms with E-state index < -0.39 is 17.5 Å². The summed E-state index contributed by atoms with van der Waals surface area (Å²) in [5.74, 6) is -1.35. The summed E-state index contributed by atoms with van der Waals surface area (Å²) >= 11 is 0. The van der Waals surface area contributed by atoms with Gasteiger partial charge in [0.1, 0.15) is 11.4 Å². The second-order valence-corrected chi connectivity index (χ2v) is 9.53. The summed E-state index contributed by atoms with van der Waals surface area (Å²) in [4.78, 5) is 12.0. The first-order valence-electron chi connectivity index (χ1n) is 11.0. The van der Waals surface area contributed by atoms with Crippen molar-refractivity contribution in [2.45, 2.75) is 70.4 Å². The second kappa shape index (κ2) is 8.15. The molecule has 0 aromatic heterocycles. The lowest BCUT2D eigenvalue weighted by Crippen LogP contribution is -2.43. The van der Waals surface area contributed by atoms with E-state index in [0.29, 0.717) is 38.9 Å². The van der Waals surface area contributed by atoms with Crippen molar-refractivity contribution in [3.8, 4) is 0 Å². The Kier molecular flexibility index (Phi) is 5.83. The van der Waals surface area contributed by atoms with Gasteiger partial charge in [0.05, 0.1) is 25.7 Å². The lowest BCUT2D eigenvalue weighted by molar-refractivity contribution is -0.174. The van der Waals surface area contributed by atoms with Gasteiger partial charge in [-0.15, -0.1) is 0 Å². The Balaban J connectivity index is 1.79. The predicted octanol–water partition coefficient (Wildman–Crippen LogP) is 4.55. The number of hydrogen-bond donors (Lipinski definition) is 1. The number of aliphatic hydroxyl groups excluding tert-OH is 1. The zero-order chi connectivity index (χ0) is 22.3. The summed E-state index contributed by atoms with van der Waals surface area (Å²) in [7, 11) is 0. The number of allylic oxidation sites excluding steroid dienone is 2. The Morgan fingerprint density at radius 3 is 2.48 bits per heavy atom. The molecule has 1 aromatic rings. The van der Waals surface area contributed by atoms with Crippen LogP contribution in [0.1, 0.15) is 58.4 Å². The number of aliphatic hydroxyl groups is 1. The summed E-state index contributed by atoms with van der Waals surface area (Å²) in [6.07, 6.45) is 5.46. The number of ether oxygens (including phenoxy) is 3. The zero-order valence-electron chi connectivity index (χ0n) is 18.4. The van der Waals surface area contributed by atoms with Crippen LogP contribution in [0.25, 0.3) is 5.57 Å². The first-order chi connectivity index (χ1) is 14.7. The maximum atomic E-state index is 13.6. The Morgan fingerprint density at radius 1 is 1.19 bits per heavy atom. The van der Waals surface area contributed by atoms with Crippen molar-refractivity contribution < 1.29 is 28.5 Å². The van der Waals surface area contributed by atoms with E-state index in [1.165, 1.54) is 12.1 Å². The normalized spacial score (nSPS) is 30.2. The minimum absolute atomic E-state index is 0.0296. The molecular formula is C25H31FO5. The largest absolute Gasteiger partial charge is 0.455 e. The highest BCUT2D eigenvalue weighted by molar-refractivity contribution is 5.74. The van der Waals surface area contributed by atoms with Gasteiger partial charge in [-0.25, -0.2) is 4.39 Å². The zero-order valence-corrected chi connectivity index (χ0v) is 18.4. The molecule has 2 saturated heterocycles. The van der Waals surface area contributed by atoms with Gasteiger partial charge in [-0.05, 0) is 46.8 Å². The lowest BCUT2D eigenvalue weighted by atomic mass is 9.68. The third kappa shape index (κ3) is 4.47. The molecule has 0 amide bonds. The molecule has 4 rings (SSSR count). The smallest absolute Gasteiger partial charge is 0.309 e. The lowest BCUT2D eigenvalue weighted by Gasteiger charge is -2.44. The molecule has 0 unspecified atom stereocenters. The number of hydrogen-bond acceptors (Lipinski definition) is 5. The molecule has 2 heterocycles. The molecular weight excluding hydrogens is 399 g/mol. The molecule has 168 valence electrons. The van der Waals surface area contributed by atoms with Crippen LogP contribution in [-0.4, -0.2) is 41.8 Å². The van der Waals surface area contributed by atoms with Crippen molar-refractivity contribution in [1.82, 2.24) is 0 Å². The third-order valence-corrected chi connectivity index (χ3v) is 6.67. The average Bonchev–Trinajstić information content (AvgIpc) is 3.13. The molecule has 0 bridgehead atoms. The summed E-state index contributed by atoms with van der Waals surface area (Å²) in [6.45, 7) is 7.35. The van der Waals surface area contributed by atoms with E-state index in [9.17, 15) is 14.3 Å². The van der Waals surface area contributed by atoms with Crippen LogP contribution in [0.3, 0.4) is 0 Å². The van der Waals surface area contributed by atoms with Gasteiger partial charge >= 0.3 is 5.97 Å². The van der Waals surface area contributed by atoms with Crippen molar-refractivity contribution in [2.75, 3.05) is 13.2 Å². The van der Waals surface area contributed by atoms with Crippen LogP contribution in [0.4, 0.5) is 4.39 Å². The van der Waals surface area contributed by atoms with Crippen molar-refractivity contribution in [2.24, 2.45) is 5.41 Å². The Labute approximate surface area is 182 Å². The summed E-state index contributed by atoms with van der Waals surface area (Å²) < 4.78 is 31.4. The minimum Gasteiger partial charge on any atom is -0.455 e. The van der Waals surface area contributed by atoms with E-state index in [2.05, 4.69) is 13.8 Å². The molecule has 31 heavy (non-hydrogen) atoms. The van der Waals surface area contributed by atoms with E-state index in [0.717, 1.165) is 16.7 Å². The van der Waals surface area contributed by atoms with Gasteiger partial charge in [0.15, 0.2) is 5.79 Å². The van der Waals surface area contributed by atoms with Crippen molar-refractivity contribution in [1.29, 1.82) is 0 Å². The van der Waals surface area contributed by atoms with Gasteiger partial charge in [0, 0.05) is 19.3 Å². The van der Waals surface area contributed by atoms with Gasteiger partial charge in [-0.3, -0.25) is 4.79 Å². The van der Waals surface area contributed by atoms with Crippen LogP contribution in [0.2, 0.25) is 0 Å². The first kappa shape index (κ1) is 22.2. The fraction of sp³-hybridized carbons (Fsp3) is 0.560. The standard InChI is InChI=1S/C25H31FO5/c1-4-24(14-19(27)13-22(28)31-24)10-9-21-20(17-5-7-18(26)8-6-17)15-25(16-23(21,2)3)29-11-12-30-25/h5-10,19,27H,4,11-16H2,1-3H3/b10-9+/t19-,24+/m0/s1. The van der Waals surface area contributed by atoms with Crippen LogP contribution in [-0.2, 0) is 19.0 Å². The van der Waals surface area contributed by atoms with E-state index in [1.807, 2.05) is 19.1 Å². The quantitative estimate of drug-likeness (QED) is 0.711. The number of cyclic esters (lactones) is 1. The SMILES string of the molecule is CC[C@@]1(/C=C/C2=C(c3ccc(F)cc3)CC3(CC2(C)C)OCCO3)C[C@@H](O)CC(=O)O1. The molecule has 2 fully saturated rings. The van der Waals surface area contributed by atoms with E-state index >= 15 is 0 Å². The highest BCUT2D eigenvalue weighted by Crippen LogP contribution is 2.52. The van der Waals surface area contributed by atoms with E-state index in [-0.39, 0.29) is 23.6 Å². The molecule has 1 aromatic carbocycles. The highest BCUT2D eigenvalue weighted by Gasteiger charge is 2.48. The summed E-state index contributed by atoms with van der Waals surface area (Å²) in [6, 6.07) is 6.48. The average molecular weight is 431 g/mol. The number of rotatable bonds is 4. The number of benzene rings is 1. The van der Waals surface area contributed by atoms with Gasteiger partial charge in [-0.2, -0.15) is 0 Å². The predicted molar refractivity (Wildman–Crippen MR) is 114 cm³/mol. The maximum Gasteiger partial charge on any atom is 0.309 e. The van der Waals surface area contributed by atoms with Crippen molar-refractivity contribution >= 4 is 11.5 Å². The van der Waals surface area contributed by atoms with Gasteiger partial charge in [-0.1, -0.05) is 39.0 Å². The highest BCUT2D eigenvalue weighted by atomic mass is 19.1. The molecule has 3 aliphatic rings. The number of halogens is 1. The van der Waals surface area contributed by atoms with Crippen LogP contribution in [0, 0.1) is 11.2 Å². The van der Waals surface area contributed by atoms with E-state index in [4.69, 9.17) is 14.2 Å². The first-order valence-corrected chi connectivity index (χ1v) is 11.0. The van der Waals surface area contributed by atoms with Crippen LogP contribution < -0.4 is 0 Å². The van der Waals surface area contributed by atoms with Crippen molar-refractivity contribution in [3.63, 3.8) is 0 Å². The topological polar surface area (TPSA) is 65.0 Å². The molecule has 6 heteroatoms. The van der Waals surface area contributed by atoms with Crippen molar-refractivity contribution in [3.05, 3.63) is 53.4 Å². The molecule has 2 aliphatic heterocycles. The molecule has 0 saturated carbocycles. The number of esters is 1. The van der Waals surface area contributed by atoms with Gasteiger partial charge in [0.2, 0.25) is 0 Å². The van der Waals surface area contributed by atoms with Gasteiger partial charge in [0.25, 0.3) is 0 Å². The van der Waals surface area contributed by atoms with Crippen LogP contribution in [0.15, 0.2) is 42.0 Å². The van der Waals surface area contributed by atoms with Gasteiger partial charge < -0.3 is 19.3 Å². The van der Waals surface area contributed by atoms with Crippen LogP contribution in [0.5, 0.6) is 0 Å². The molecule has 1 aliphatic carbocycles. The number of carbonyl (C=O) groups is 1. The Bertz CT molecular complexity index is 895. The fourth-order valence-corrected chi connectivity index (χ4v) is 5.19. The maximum absolute atomic E-state index is 13.6. The Hall–Kier alpha value is -2.02. The monoisotopic (exact) mass is 430 g/mol. The number of carbonyl (C=O) groups excluding carboxylic acids is 1. The summed E-state index contributed by atoms with van der Waals surface area (Å²) in [5, 5.41) is 10.2. The minimum atomic E-state index is -0.832. The van der Waals surface area contributed by atoms with E-state index in [1.54, 1.807) is 12.1 Å². The molecule has 2 atom stereocenters. The third-order valence-electron chi connectivity index (χ3n) is 6.67. The Morgan fingerprint density at radius 2 is 1.87 bits per heavy atom. The molecule has 0 radical (unpaired) electrons. The molecule has 1 spiro atoms.